The van der Waals surface area contributed by atoms with E-state index in [0.29, 0.717) is 17.9 Å². The molecule has 0 spiro atoms. The number of rotatable bonds is 5. The third-order valence-corrected chi connectivity index (χ3v) is 7.16. The minimum absolute atomic E-state index is 0.221. The average molecular weight is 315 g/mol. The lowest BCUT2D eigenvalue weighted by Gasteiger charge is -2.35. The van der Waals surface area contributed by atoms with Crippen LogP contribution in [-0.4, -0.2) is 16.2 Å². The Labute approximate surface area is 138 Å². The molecule has 2 bridgehead atoms. The second kappa shape index (κ2) is 5.30. The van der Waals surface area contributed by atoms with Crippen LogP contribution >= 0.6 is 0 Å². The van der Waals surface area contributed by atoms with Crippen LogP contribution in [0.2, 0.25) is 0 Å². The maximum absolute atomic E-state index is 5.64. The van der Waals surface area contributed by atoms with Gasteiger partial charge in [-0.05, 0) is 68.1 Å². The van der Waals surface area contributed by atoms with Gasteiger partial charge in [0.25, 0.3) is 0 Å². The molecule has 1 aromatic rings. The van der Waals surface area contributed by atoms with E-state index in [1.807, 2.05) is 0 Å². The fourth-order valence-corrected chi connectivity index (χ4v) is 5.92. The van der Waals surface area contributed by atoms with Crippen LogP contribution in [0, 0.1) is 29.6 Å². The van der Waals surface area contributed by atoms with Crippen molar-refractivity contribution in [2.75, 3.05) is 0 Å². The summed E-state index contributed by atoms with van der Waals surface area (Å²) in [6.45, 7) is 4.54. The van der Waals surface area contributed by atoms with E-state index in [1.54, 1.807) is 0 Å². The van der Waals surface area contributed by atoms with E-state index in [4.69, 9.17) is 9.51 Å². The van der Waals surface area contributed by atoms with Crippen molar-refractivity contribution in [1.29, 1.82) is 0 Å². The second-order valence-electron chi connectivity index (χ2n) is 8.91. The highest BCUT2D eigenvalue weighted by atomic mass is 16.5. The third kappa shape index (κ3) is 2.36. The average Bonchev–Trinajstić information content (AvgIpc) is 2.97. The van der Waals surface area contributed by atoms with E-state index < -0.39 is 0 Å². The van der Waals surface area contributed by atoms with Crippen molar-refractivity contribution in [1.82, 2.24) is 15.5 Å². The Balaban J connectivity index is 1.32. The first-order valence-electron chi connectivity index (χ1n) is 9.80. The zero-order valence-corrected chi connectivity index (χ0v) is 14.4. The van der Waals surface area contributed by atoms with E-state index in [-0.39, 0.29) is 6.04 Å². The Morgan fingerprint density at radius 3 is 2.65 bits per heavy atom. The van der Waals surface area contributed by atoms with Gasteiger partial charge in [0.2, 0.25) is 5.89 Å². The number of nitrogens with zero attached hydrogens (tertiary/aromatic N) is 2. The van der Waals surface area contributed by atoms with Gasteiger partial charge in [0.15, 0.2) is 5.82 Å². The van der Waals surface area contributed by atoms with Crippen LogP contribution in [0.15, 0.2) is 4.52 Å². The highest BCUT2D eigenvalue weighted by Gasteiger charge is 2.54. The smallest absolute Gasteiger partial charge is 0.244 e. The van der Waals surface area contributed by atoms with Crippen molar-refractivity contribution in [2.45, 2.75) is 76.8 Å². The lowest BCUT2D eigenvalue weighted by molar-refractivity contribution is 0.175. The molecule has 4 aliphatic carbocycles. The molecule has 0 amide bonds. The summed E-state index contributed by atoms with van der Waals surface area (Å²) in [5.74, 6) is 6.78. The van der Waals surface area contributed by atoms with Crippen molar-refractivity contribution < 1.29 is 4.52 Å². The van der Waals surface area contributed by atoms with Gasteiger partial charge >= 0.3 is 0 Å². The molecule has 4 saturated carbocycles. The molecule has 0 aliphatic heterocycles. The molecular formula is C19H29N3O. The molecule has 4 nitrogen and oxygen atoms in total. The molecule has 6 atom stereocenters. The summed E-state index contributed by atoms with van der Waals surface area (Å²) in [7, 11) is 0. The molecule has 1 heterocycles. The van der Waals surface area contributed by atoms with Gasteiger partial charge in [0, 0.05) is 12.0 Å². The Morgan fingerprint density at radius 2 is 1.87 bits per heavy atom. The number of aromatic nitrogens is 2. The van der Waals surface area contributed by atoms with Gasteiger partial charge in [-0.25, -0.2) is 0 Å². The fraction of sp³-hybridized carbons (Fsp3) is 0.895. The first-order chi connectivity index (χ1) is 11.2. The first kappa shape index (κ1) is 14.4. The van der Waals surface area contributed by atoms with E-state index >= 15 is 0 Å². The van der Waals surface area contributed by atoms with Crippen molar-refractivity contribution in [3.63, 3.8) is 0 Å². The van der Waals surface area contributed by atoms with Crippen molar-refractivity contribution in [3.8, 4) is 0 Å². The zero-order valence-electron chi connectivity index (χ0n) is 14.4. The van der Waals surface area contributed by atoms with Crippen LogP contribution in [0.25, 0.3) is 0 Å². The Hall–Kier alpha value is -0.900. The largest absolute Gasteiger partial charge is 0.338 e. The Kier molecular flexibility index (Phi) is 3.33. The van der Waals surface area contributed by atoms with Crippen molar-refractivity contribution in [3.05, 3.63) is 11.7 Å². The number of hydrogen-bond donors (Lipinski definition) is 1. The van der Waals surface area contributed by atoms with Gasteiger partial charge < -0.3 is 9.84 Å². The highest BCUT2D eigenvalue weighted by molar-refractivity contribution is 5.09. The SMILES string of the molecule is CC(C)[C@H](N[C@@H]1C[C@H]2C[C@H]1[C@H]1CCC[C@H]21)c1nc(C2CC2)no1. The quantitative estimate of drug-likeness (QED) is 0.890. The lowest BCUT2D eigenvalue weighted by atomic mass is 9.78. The maximum Gasteiger partial charge on any atom is 0.244 e. The predicted molar refractivity (Wildman–Crippen MR) is 87.8 cm³/mol. The summed E-state index contributed by atoms with van der Waals surface area (Å²) in [5, 5.41) is 8.18. The molecule has 1 aromatic heterocycles. The summed E-state index contributed by atoms with van der Waals surface area (Å²) >= 11 is 0. The van der Waals surface area contributed by atoms with E-state index in [0.717, 1.165) is 35.4 Å². The molecule has 5 rings (SSSR count). The minimum Gasteiger partial charge on any atom is -0.338 e. The number of hydrogen-bond acceptors (Lipinski definition) is 4. The summed E-state index contributed by atoms with van der Waals surface area (Å²) in [5.41, 5.74) is 0. The minimum atomic E-state index is 0.221. The van der Waals surface area contributed by atoms with Crippen LogP contribution in [0.5, 0.6) is 0 Å². The topological polar surface area (TPSA) is 51.0 Å². The fourth-order valence-electron chi connectivity index (χ4n) is 5.92. The van der Waals surface area contributed by atoms with Crippen LogP contribution in [-0.2, 0) is 0 Å². The molecule has 0 radical (unpaired) electrons. The van der Waals surface area contributed by atoms with Crippen LogP contribution in [0.3, 0.4) is 0 Å². The lowest BCUT2D eigenvalue weighted by Crippen LogP contribution is -2.42. The normalized spacial score (nSPS) is 40.0. The summed E-state index contributed by atoms with van der Waals surface area (Å²) in [4.78, 5) is 4.72. The third-order valence-electron chi connectivity index (χ3n) is 7.16. The second-order valence-corrected chi connectivity index (χ2v) is 8.91. The monoisotopic (exact) mass is 315 g/mol. The molecule has 4 aliphatic rings. The van der Waals surface area contributed by atoms with E-state index in [9.17, 15) is 0 Å². The molecule has 23 heavy (non-hydrogen) atoms. The van der Waals surface area contributed by atoms with Gasteiger partial charge in [0.05, 0.1) is 6.04 Å². The van der Waals surface area contributed by atoms with Gasteiger partial charge in [0.1, 0.15) is 0 Å². The highest BCUT2D eigenvalue weighted by Crippen LogP contribution is 2.59. The molecule has 0 saturated heterocycles. The summed E-state index contributed by atoms with van der Waals surface area (Å²) < 4.78 is 5.64. The van der Waals surface area contributed by atoms with Crippen LogP contribution < -0.4 is 5.32 Å². The standard InChI is InChI=1S/C19H29N3O/c1-10(2)17(19-21-18(22-23-19)11-6-7-11)20-16-9-12-8-15(16)14-5-3-4-13(12)14/h10-17,20H,3-9H2,1-2H3/t12-,13-,14+,15+,16-,17+/m1/s1. The van der Waals surface area contributed by atoms with Crippen LogP contribution in [0.1, 0.15) is 82.5 Å². The van der Waals surface area contributed by atoms with Crippen molar-refractivity contribution in [2.24, 2.45) is 29.6 Å². The van der Waals surface area contributed by atoms with Crippen molar-refractivity contribution >= 4 is 0 Å². The van der Waals surface area contributed by atoms with Crippen LogP contribution in [0.4, 0.5) is 0 Å². The maximum atomic E-state index is 5.64. The van der Waals surface area contributed by atoms with Gasteiger partial charge in [-0.1, -0.05) is 25.4 Å². The molecule has 4 fully saturated rings. The molecular weight excluding hydrogens is 286 g/mol. The number of nitrogens with one attached hydrogen (secondary N) is 1. The molecule has 4 heteroatoms. The Morgan fingerprint density at radius 1 is 1.04 bits per heavy atom. The first-order valence-corrected chi connectivity index (χ1v) is 9.80. The van der Waals surface area contributed by atoms with Gasteiger partial charge in [-0.3, -0.25) is 0 Å². The molecule has 0 unspecified atom stereocenters. The Bertz CT molecular complexity index is 579. The zero-order chi connectivity index (χ0) is 15.6. The summed E-state index contributed by atoms with van der Waals surface area (Å²) in [6, 6.07) is 0.891. The summed E-state index contributed by atoms with van der Waals surface area (Å²) in [6.07, 6.45) is 9.75. The van der Waals surface area contributed by atoms with E-state index in [2.05, 4.69) is 24.3 Å². The molecule has 0 aromatic carbocycles. The molecule has 1 N–H and O–H groups in total. The van der Waals surface area contributed by atoms with E-state index in [1.165, 1.54) is 44.9 Å². The predicted octanol–water partition coefficient (Wildman–Crippen LogP) is 4.06. The number of fused-ring (bicyclic) bond motifs is 5. The van der Waals surface area contributed by atoms with Gasteiger partial charge in [-0.2, -0.15) is 4.98 Å². The molecule has 126 valence electrons. The van der Waals surface area contributed by atoms with Gasteiger partial charge in [-0.15, -0.1) is 0 Å².